The molecular weight excluding hydrogens is 160 g/mol. The number of hydrogen-bond donors (Lipinski definition) is 0. The minimum atomic E-state index is 0.693. The summed E-state index contributed by atoms with van der Waals surface area (Å²) < 4.78 is 0. The smallest absolute Gasteiger partial charge is 0.0991 e. The van der Waals surface area contributed by atoms with E-state index in [1.165, 1.54) is 0 Å². The molecule has 0 amide bonds. The summed E-state index contributed by atoms with van der Waals surface area (Å²) in [4.78, 5) is 4.18. The van der Waals surface area contributed by atoms with E-state index in [0.717, 1.165) is 16.5 Å². The molecule has 0 aliphatic rings. The van der Waals surface area contributed by atoms with E-state index in [-0.39, 0.29) is 0 Å². The summed E-state index contributed by atoms with van der Waals surface area (Å²) in [6.45, 7) is 1.94. The average Bonchev–Trinajstić information content (AvgIpc) is 2.16. The van der Waals surface area contributed by atoms with Gasteiger partial charge in [-0.3, -0.25) is 4.98 Å². The van der Waals surface area contributed by atoms with E-state index in [0.29, 0.717) is 5.56 Å². The second kappa shape index (κ2) is 2.87. The standard InChI is InChI=1S/C11H8N2/c1-8-4-11-5-9(6-12)2-3-10(11)7-13-8/h2-5,7H,1H3. The Bertz CT molecular complexity index is 495. The molecule has 2 rings (SSSR count). The number of aromatic nitrogens is 1. The number of aryl methyl sites for hydroxylation is 1. The van der Waals surface area contributed by atoms with Crippen LogP contribution in [0, 0.1) is 18.3 Å². The summed E-state index contributed by atoms with van der Waals surface area (Å²) in [7, 11) is 0. The normalized spacial score (nSPS) is 9.85. The topological polar surface area (TPSA) is 36.7 Å². The summed E-state index contributed by atoms with van der Waals surface area (Å²) in [5, 5.41) is 10.8. The molecule has 2 nitrogen and oxygen atoms in total. The number of nitriles is 1. The van der Waals surface area contributed by atoms with Crippen molar-refractivity contribution in [2.75, 3.05) is 0 Å². The maximum absolute atomic E-state index is 8.70. The molecule has 1 aromatic carbocycles. The molecule has 0 N–H and O–H groups in total. The van der Waals surface area contributed by atoms with Gasteiger partial charge in [-0.15, -0.1) is 0 Å². The highest BCUT2D eigenvalue weighted by Gasteiger charge is 1.96. The van der Waals surface area contributed by atoms with Crippen LogP contribution in [0.5, 0.6) is 0 Å². The lowest BCUT2D eigenvalue weighted by Gasteiger charge is -1.98. The fourth-order valence-corrected chi connectivity index (χ4v) is 1.32. The minimum absolute atomic E-state index is 0.693. The molecule has 0 unspecified atom stereocenters. The Morgan fingerprint density at radius 1 is 1.23 bits per heavy atom. The van der Waals surface area contributed by atoms with E-state index in [2.05, 4.69) is 11.1 Å². The summed E-state index contributed by atoms with van der Waals surface area (Å²) in [6.07, 6.45) is 1.83. The van der Waals surface area contributed by atoms with Crippen molar-refractivity contribution in [1.29, 1.82) is 5.26 Å². The number of nitrogens with zero attached hydrogens (tertiary/aromatic N) is 2. The number of hydrogen-bond acceptors (Lipinski definition) is 2. The van der Waals surface area contributed by atoms with Crippen LogP contribution in [0.3, 0.4) is 0 Å². The molecule has 13 heavy (non-hydrogen) atoms. The molecule has 0 saturated heterocycles. The summed E-state index contributed by atoms with van der Waals surface area (Å²) in [5.41, 5.74) is 1.67. The second-order valence-corrected chi connectivity index (χ2v) is 3.00. The molecule has 0 radical (unpaired) electrons. The van der Waals surface area contributed by atoms with Crippen molar-refractivity contribution < 1.29 is 0 Å². The zero-order valence-electron chi connectivity index (χ0n) is 7.28. The quantitative estimate of drug-likeness (QED) is 0.605. The number of benzene rings is 1. The lowest BCUT2D eigenvalue weighted by Crippen LogP contribution is -1.82. The van der Waals surface area contributed by atoms with Gasteiger partial charge in [0, 0.05) is 17.3 Å². The zero-order chi connectivity index (χ0) is 9.26. The van der Waals surface area contributed by atoms with Crippen molar-refractivity contribution in [3.05, 3.63) is 41.7 Å². The van der Waals surface area contributed by atoms with Gasteiger partial charge in [0.1, 0.15) is 0 Å². The van der Waals surface area contributed by atoms with Crippen LogP contribution in [0.2, 0.25) is 0 Å². The fourth-order valence-electron chi connectivity index (χ4n) is 1.32. The highest BCUT2D eigenvalue weighted by Crippen LogP contribution is 2.15. The molecule has 0 aliphatic heterocycles. The van der Waals surface area contributed by atoms with Crippen molar-refractivity contribution in [3.63, 3.8) is 0 Å². The minimum Gasteiger partial charge on any atom is -0.261 e. The van der Waals surface area contributed by atoms with Gasteiger partial charge in [-0.25, -0.2) is 0 Å². The fraction of sp³-hybridized carbons (Fsp3) is 0.0909. The lowest BCUT2D eigenvalue weighted by atomic mass is 10.1. The van der Waals surface area contributed by atoms with Crippen LogP contribution in [-0.2, 0) is 0 Å². The monoisotopic (exact) mass is 168 g/mol. The van der Waals surface area contributed by atoms with Crippen molar-refractivity contribution in [2.24, 2.45) is 0 Å². The van der Waals surface area contributed by atoms with Crippen LogP contribution < -0.4 is 0 Å². The summed E-state index contributed by atoms with van der Waals surface area (Å²) >= 11 is 0. The van der Waals surface area contributed by atoms with E-state index in [4.69, 9.17) is 5.26 Å². The molecule has 2 aromatic rings. The molecule has 1 aromatic heterocycles. The Morgan fingerprint density at radius 3 is 2.85 bits per heavy atom. The predicted octanol–water partition coefficient (Wildman–Crippen LogP) is 2.41. The Balaban J connectivity index is 2.77. The van der Waals surface area contributed by atoms with Gasteiger partial charge in [0.05, 0.1) is 11.6 Å². The van der Waals surface area contributed by atoms with Gasteiger partial charge < -0.3 is 0 Å². The first kappa shape index (κ1) is 7.75. The van der Waals surface area contributed by atoms with Gasteiger partial charge in [-0.05, 0) is 30.5 Å². The van der Waals surface area contributed by atoms with Gasteiger partial charge >= 0.3 is 0 Å². The van der Waals surface area contributed by atoms with Gasteiger partial charge in [0.25, 0.3) is 0 Å². The van der Waals surface area contributed by atoms with Crippen LogP contribution in [0.4, 0.5) is 0 Å². The molecular formula is C11H8N2. The third-order valence-electron chi connectivity index (χ3n) is 1.99. The molecule has 1 heterocycles. The molecule has 0 aliphatic carbocycles. The van der Waals surface area contributed by atoms with E-state index < -0.39 is 0 Å². The highest BCUT2D eigenvalue weighted by atomic mass is 14.6. The molecule has 0 spiro atoms. The number of rotatable bonds is 0. The van der Waals surface area contributed by atoms with Crippen LogP contribution in [-0.4, -0.2) is 4.98 Å². The average molecular weight is 168 g/mol. The molecule has 0 saturated carbocycles. The van der Waals surface area contributed by atoms with E-state index >= 15 is 0 Å². The number of fused-ring (bicyclic) bond motifs is 1. The third-order valence-corrected chi connectivity index (χ3v) is 1.99. The Labute approximate surface area is 76.5 Å². The molecule has 0 fully saturated rings. The van der Waals surface area contributed by atoms with Crippen molar-refractivity contribution in [2.45, 2.75) is 6.92 Å². The Hall–Kier alpha value is -1.88. The largest absolute Gasteiger partial charge is 0.261 e. The molecule has 2 heteroatoms. The van der Waals surface area contributed by atoms with Gasteiger partial charge in [0.2, 0.25) is 0 Å². The summed E-state index contributed by atoms with van der Waals surface area (Å²) in [6, 6.07) is 9.70. The molecule has 0 bridgehead atoms. The number of pyridine rings is 1. The third kappa shape index (κ3) is 1.36. The maximum atomic E-state index is 8.70. The SMILES string of the molecule is Cc1cc2cc(C#N)ccc2cn1. The maximum Gasteiger partial charge on any atom is 0.0991 e. The second-order valence-electron chi connectivity index (χ2n) is 3.00. The van der Waals surface area contributed by atoms with Gasteiger partial charge in [-0.2, -0.15) is 5.26 Å². The first-order valence-corrected chi connectivity index (χ1v) is 4.06. The Morgan fingerprint density at radius 2 is 2.08 bits per heavy atom. The van der Waals surface area contributed by atoms with E-state index in [1.54, 1.807) is 6.07 Å². The van der Waals surface area contributed by atoms with Crippen LogP contribution in [0.15, 0.2) is 30.5 Å². The van der Waals surface area contributed by atoms with E-state index in [9.17, 15) is 0 Å². The highest BCUT2D eigenvalue weighted by molar-refractivity contribution is 5.83. The lowest BCUT2D eigenvalue weighted by molar-refractivity contribution is 1.22. The van der Waals surface area contributed by atoms with Crippen molar-refractivity contribution >= 4 is 10.8 Å². The first-order chi connectivity index (χ1) is 6.29. The Kier molecular flexibility index (Phi) is 1.71. The van der Waals surface area contributed by atoms with Gasteiger partial charge in [0.15, 0.2) is 0 Å². The molecule has 0 atom stereocenters. The van der Waals surface area contributed by atoms with E-state index in [1.807, 2.05) is 31.3 Å². The first-order valence-electron chi connectivity index (χ1n) is 4.06. The predicted molar refractivity (Wildman–Crippen MR) is 51.2 cm³/mol. The zero-order valence-corrected chi connectivity index (χ0v) is 7.28. The van der Waals surface area contributed by atoms with Crippen molar-refractivity contribution in [3.8, 4) is 6.07 Å². The van der Waals surface area contributed by atoms with Crippen LogP contribution in [0.1, 0.15) is 11.3 Å². The van der Waals surface area contributed by atoms with Crippen molar-refractivity contribution in [1.82, 2.24) is 4.98 Å². The summed E-state index contributed by atoms with van der Waals surface area (Å²) in [5.74, 6) is 0. The van der Waals surface area contributed by atoms with Crippen LogP contribution in [0.25, 0.3) is 10.8 Å². The van der Waals surface area contributed by atoms with Crippen LogP contribution >= 0.6 is 0 Å². The molecule has 62 valence electrons. The van der Waals surface area contributed by atoms with Gasteiger partial charge in [-0.1, -0.05) is 6.07 Å².